The number of carbonyl (C=O) groups is 1. The molecule has 0 spiro atoms. The molecular weight excluding hydrogens is 218 g/mol. The number of rotatable bonds is 4. The van der Waals surface area contributed by atoms with Crippen LogP contribution in [0.25, 0.3) is 0 Å². The monoisotopic (exact) mass is 227 g/mol. The summed E-state index contributed by atoms with van der Waals surface area (Å²) in [7, 11) is 0. The van der Waals surface area contributed by atoms with Gasteiger partial charge in [-0.05, 0) is 6.92 Å². The zero-order chi connectivity index (χ0) is 10.6. The third-order valence-electron chi connectivity index (χ3n) is 1.44. The van der Waals surface area contributed by atoms with Gasteiger partial charge in [0.05, 0.1) is 5.69 Å². The van der Waals surface area contributed by atoms with E-state index in [1.165, 1.54) is 23.1 Å². The molecule has 1 rings (SSSR count). The number of nitrogens with zero attached hydrogens (tertiary/aromatic N) is 1. The second-order valence-corrected chi connectivity index (χ2v) is 4.84. The summed E-state index contributed by atoms with van der Waals surface area (Å²) >= 11 is 2.70. The van der Waals surface area contributed by atoms with Crippen molar-refractivity contribution in [3.8, 4) is 12.3 Å². The van der Waals surface area contributed by atoms with Crippen molar-refractivity contribution in [3.63, 3.8) is 0 Å². The second-order valence-electron chi connectivity index (χ2n) is 2.50. The number of hydrogen-bond acceptors (Lipinski definition) is 4. The minimum absolute atomic E-state index is 0.313. The molecule has 1 aromatic rings. The third kappa shape index (κ3) is 2.76. The highest BCUT2D eigenvalue weighted by Gasteiger charge is 2.13. The molecule has 1 N–H and O–H groups in total. The van der Waals surface area contributed by atoms with E-state index >= 15 is 0 Å². The fraction of sp³-hybridized carbons (Fsp3) is 0.333. The normalized spacial score (nSPS) is 9.71. The average molecular weight is 227 g/mol. The molecule has 1 heterocycles. The van der Waals surface area contributed by atoms with Crippen LogP contribution < -0.4 is 0 Å². The van der Waals surface area contributed by atoms with E-state index in [0.717, 1.165) is 10.1 Å². The van der Waals surface area contributed by atoms with E-state index in [1.807, 2.05) is 0 Å². The van der Waals surface area contributed by atoms with Gasteiger partial charge >= 0.3 is 5.97 Å². The van der Waals surface area contributed by atoms with Crippen molar-refractivity contribution in [2.45, 2.75) is 17.7 Å². The summed E-state index contributed by atoms with van der Waals surface area (Å²) < 4.78 is 0.773. The van der Waals surface area contributed by atoms with Crippen LogP contribution in [0.3, 0.4) is 0 Å². The van der Waals surface area contributed by atoms with Crippen molar-refractivity contribution in [3.05, 3.63) is 10.6 Å². The van der Waals surface area contributed by atoms with Crippen LogP contribution in [0.1, 0.15) is 21.8 Å². The highest BCUT2D eigenvalue weighted by Crippen LogP contribution is 2.27. The number of aryl methyl sites for hydroxylation is 1. The first kappa shape index (κ1) is 11.1. The van der Waals surface area contributed by atoms with Crippen LogP contribution in [-0.2, 0) is 0 Å². The Hall–Kier alpha value is -0.990. The highest BCUT2D eigenvalue weighted by molar-refractivity contribution is 8.01. The van der Waals surface area contributed by atoms with Crippen LogP contribution >= 0.6 is 23.1 Å². The number of aromatic carboxylic acids is 1. The first-order valence-electron chi connectivity index (χ1n) is 3.92. The van der Waals surface area contributed by atoms with Gasteiger partial charge in [0.15, 0.2) is 4.34 Å². The van der Waals surface area contributed by atoms with Gasteiger partial charge in [0, 0.05) is 12.2 Å². The van der Waals surface area contributed by atoms with Crippen molar-refractivity contribution < 1.29 is 9.90 Å². The molecule has 5 heteroatoms. The molecule has 0 aliphatic rings. The Labute approximate surface area is 90.6 Å². The molecule has 74 valence electrons. The summed E-state index contributed by atoms with van der Waals surface area (Å²) in [6, 6.07) is 0. The molecule has 0 amide bonds. The fourth-order valence-electron chi connectivity index (χ4n) is 0.829. The first-order valence-corrected chi connectivity index (χ1v) is 5.72. The van der Waals surface area contributed by atoms with Crippen molar-refractivity contribution in [1.29, 1.82) is 0 Å². The second kappa shape index (κ2) is 5.03. The Kier molecular flexibility index (Phi) is 3.98. The zero-order valence-corrected chi connectivity index (χ0v) is 9.24. The number of carboxylic acid groups (broad SMARTS) is 1. The average Bonchev–Trinajstić information content (AvgIpc) is 2.47. The molecule has 0 saturated heterocycles. The largest absolute Gasteiger partial charge is 0.477 e. The summed E-state index contributed by atoms with van der Waals surface area (Å²) in [5.74, 6) is 2.39. The number of thioether (sulfide) groups is 1. The van der Waals surface area contributed by atoms with Crippen molar-refractivity contribution >= 4 is 29.1 Å². The van der Waals surface area contributed by atoms with E-state index in [2.05, 4.69) is 10.9 Å². The van der Waals surface area contributed by atoms with E-state index in [9.17, 15) is 4.79 Å². The number of aromatic nitrogens is 1. The van der Waals surface area contributed by atoms with Crippen LogP contribution in [0.2, 0.25) is 0 Å². The van der Waals surface area contributed by atoms with Crippen molar-refractivity contribution in [2.24, 2.45) is 0 Å². The van der Waals surface area contributed by atoms with Gasteiger partial charge in [-0.1, -0.05) is 11.8 Å². The SMILES string of the molecule is C#CCCSc1nc(C)c(C(=O)O)s1. The summed E-state index contributed by atoms with van der Waals surface area (Å²) in [5, 5.41) is 8.78. The Balaban J connectivity index is 2.67. The van der Waals surface area contributed by atoms with Crippen LogP contribution in [0.4, 0.5) is 0 Å². The maximum atomic E-state index is 10.7. The quantitative estimate of drug-likeness (QED) is 0.487. The van der Waals surface area contributed by atoms with Crippen LogP contribution in [0.15, 0.2) is 4.34 Å². The number of terminal acetylenes is 1. The first-order chi connectivity index (χ1) is 6.65. The molecule has 0 atom stereocenters. The summed E-state index contributed by atoms with van der Waals surface area (Å²) in [4.78, 5) is 15.1. The molecule has 0 aliphatic heterocycles. The minimum Gasteiger partial charge on any atom is -0.477 e. The smallest absolute Gasteiger partial charge is 0.347 e. The Morgan fingerprint density at radius 1 is 1.79 bits per heavy atom. The molecule has 0 aromatic carbocycles. The topological polar surface area (TPSA) is 50.2 Å². The van der Waals surface area contributed by atoms with Crippen LogP contribution in [0.5, 0.6) is 0 Å². The maximum Gasteiger partial charge on any atom is 0.347 e. The van der Waals surface area contributed by atoms with E-state index < -0.39 is 5.97 Å². The molecule has 0 saturated carbocycles. The van der Waals surface area contributed by atoms with Crippen molar-refractivity contribution in [1.82, 2.24) is 4.98 Å². The predicted molar refractivity (Wildman–Crippen MR) is 58.0 cm³/mol. The molecule has 0 bridgehead atoms. The Morgan fingerprint density at radius 2 is 2.50 bits per heavy atom. The fourth-order valence-corrected chi connectivity index (χ4v) is 2.80. The van der Waals surface area contributed by atoms with Gasteiger partial charge in [-0.3, -0.25) is 0 Å². The molecular formula is C9H9NO2S2. The van der Waals surface area contributed by atoms with Gasteiger partial charge in [0.25, 0.3) is 0 Å². The summed E-state index contributed by atoms with van der Waals surface area (Å²) in [6.45, 7) is 1.70. The standard InChI is InChI=1S/C9H9NO2S2/c1-3-4-5-13-9-10-6(2)7(14-9)8(11)12/h1H,4-5H2,2H3,(H,11,12). The Bertz CT molecular complexity index is 379. The minimum atomic E-state index is -0.913. The molecule has 0 aliphatic carbocycles. The molecule has 0 fully saturated rings. The molecule has 14 heavy (non-hydrogen) atoms. The lowest BCUT2D eigenvalue weighted by Gasteiger charge is -1.89. The van der Waals surface area contributed by atoms with Gasteiger partial charge < -0.3 is 5.11 Å². The van der Waals surface area contributed by atoms with E-state index in [4.69, 9.17) is 11.5 Å². The number of carboxylic acids is 1. The lowest BCUT2D eigenvalue weighted by atomic mass is 10.4. The van der Waals surface area contributed by atoms with Gasteiger partial charge in [-0.25, -0.2) is 9.78 Å². The summed E-state index contributed by atoms with van der Waals surface area (Å²) in [6.07, 6.45) is 5.77. The maximum absolute atomic E-state index is 10.7. The lowest BCUT2D eigenvalue weighted by Crippen LogP contribution is -1.94. The van der Waals surface area contributed by atoms with Crippen LogP contribution in [0, 0.1) is 19.3 Å². The molecule has 0 radical (unpaired) electrons. The predicted octanol–water partition coefficient (Wildman–Crippen LogP) is 2.27. The molecule has 1 aromatic heterocycles. The molecule has 3 nitrogen and oxygen atoms in total. The lowest BCUT2D eigenvalue weighted by molar-refractivity contribution is 0.0701. The Morgan fingerprint density at radius 3 is 3.00 bits per heavy atom. The van der Waals surface area contributed by atoms with Crippen molar-refractivity contribution in [2.75, 3.05) is 5.75 Å². The summed E-state index contributed by atoms with van der Waals surface area (Å²) in [5.41, 5.74) is 0.575. The highest BCUT2D eigenvalue weighted by atomic mass is 32.2. The third-order valence-corrected chi connectivity index (χ3v) is 3.73. The van der Waals surface area contributed by atoms with Gasteiger partial charge in [-0.15, -0.1) is 23.7 Å². The molecule has 0 unspecified atom stereocenters. The van der Waals surface area contributed by atoms with Gasteiger partial charge in [0.2, 0.25) is 0 Å². The van der Waals surface area contributed by atoms with Gasteiger partial charge in [0.1, 0.15) is 4.88 Å². The van der Waals surface area contributed by atoms with Gasteiger partial charge in [-0.2, -0.15) is 0 Å². The number of hydrogen-bond donors (Lipinski definition) is 1. The zero-order valence-electron chi connectivity index (χ0n) is 7.61. The van der Waals surface area contributed by atoms with E-state index in [1.54, 1.807) is 6.92 Å². The number of thiazole rings is 1. The van der Waals surface area contributed by atoms with Crippen LogP contribution in [-0.4, -0.2) is 21.8 Å². The van der Waals surface area contributed by atoms with E-state index in [-0.39, 0.29) is 0 Å². The van der Waals surface area contributed by atoms with E-state index in [0.29, 0.717) is 17.0 Å².